The molecule has 2 heteroatoms. The summed E-state index contributed by atoms with van der Waals surface area (Å²) in [4.78, 5) is 0. The van der Waals surface area contributed by atoms with Crippen molar-refractivity contribution in [1.82, 2.24) is 9.13 Å². The van der Waals surface area contributed by atoms with Gasteiger partial charge in [0.05, 0.1) is 11.4 Å². The molecule has 0 saturated heterocycles. The van der Waals surface area contributed by atoms with E-state index in [0.29, 0.717) is 0 Å². The van der Waals surface area contributed by atoms with Gasteiger partial charge in [-0.25, -0.2) is 0 Å². The van der Waals surface area contributed by atoms with E-state index in [-0.39, 0.29) is 0 Å². The van der Waals surface area contributed by atoms with Crippen LogP contribution in [0.2, 0.25) is 0 Å². The molecule has 0 spiro atoms. The largest absolute Gasteiger partial charge is 0.345 e. The van der Waals surface area contributed by atoms with Crippen molar-refractivity contribution in [2.24, 2.45) is 0 Å². The van der Waals surface area contributed by atoms with Gasteiger partial charge in [-0.2, -0.15) is 0 Å². The van der Waals surface area contributed by atoms with Crippen molar-refractivity contribution in [1.29, 1.82) is 0 Å². The molecular weight excluding hydrogens is 160 g/mol. The molecule has 66 valence electrons. The van der Waals surface area contributed by atoms with Gasteiger partial charge >= 0.3 is 0 Å². The zero-order valence-corrected chi connectivity index (χ0v) is 7.70. The third-order valence-electron chi connectivity index (χ3n) is 2.86. The van der Waals surface area contributed by atoms with Crippen molar-refractivity contribution >= 4 is 0 Å². The van der Waals surface area contributed by atoms with Gasteiger partial charge in [-0.05, 0) is 31.2 Å². The molecule has 0 fully saturated rings. The van der Waals surface area contributed by atoms with E-state index in [1.807, 2.05) is 0 Å². The Balaban J connectivity index is 2.31. The molecule has 0 bridgehead atoms. The summed E-state index contributed by atoms with van der Waals surface area (Å²) in [5.74, 6) is 0. The second-order valence-electron chi connectivity index (χ2n) is 3.60. The van der Waals surface area contributed by atoms with Crippen LogP contribution in [0.4, 0.5) is 0 Å². The number of hydrogen-bond acceptors (Lipinski definition) is 0. The first-order chi connectivity index (χ1) is 6.36. The summed E-state index contributed by atoms with van der Waals surface area (Å²) in [6.07, 6.45) is 2.15. The van der Waals surface area contributed by atoms with Gasteiger partial charge in [-0.3, -0.25) is 0 Å². The summed E-state index contributed by atoms with van der Waals surface area (Å²) < 4.78 is 4.70. The van der Waals surface area contributed by atoms with Gasteiger partial charge in [0.15, 0.2) is 0 Å². The van der Waals surface area contributed by atoms with Crippen LogP contribution in [0.5, 0.6) is 0 Å². The van der Waals surface area contributed by atoms with Crippen LogP contribution >= 0.6 is 0 Å². The Kier molecular flexibility index (Phi) is 1.23. The molecule has 0 amide bonds. The van der Waals surface area contributed by atoms with E-state index in [9.17, 15) is 0 Å². The number of rotatable bonds is 0. The topological polar surface area (TPSA) is 9.86 Å². The molecule has 2 nitrogen and oxygen atoms in total. The quantitative estimate of drug-likeness (QED) is 0.577. The Morgan fingerprint density at radius 3 is 2.92 bits per heavy atom. The lowest BCUT2D eigenvalue weighted by Gasteiger charge is -2.20. The standard InChI is InChI=1S/C11H12N2/c1-9-4-5-11-10-3-2-6-12(10)7-8-13(9)11/h2-6H,7-8H2,1H3. The molecule has 2 aromatic heterocycles. The second kappa shape index (κ2) is 2.28. The lowest BCUT2D eigenvalue weighted by atomic mass is 10.3. The Labute approximate surface area is 77.4 Å². The van der Waals surface area contributed by atoms with Crippen LogP contribution < -0.4 is 0 Å². The minimum atomic E-state index is 1.10. The first kappa shape index (κ1) is 7.01. The van der Waals surface area contributed by atoms with Crippen LogP contribution in [-0.4, -0.2) is 9.13 Å². The minimum absolute atomic E-state index is 1.10. The summed E-state index contributed by atoms with van der Waals surface area (Å²) in [7, 11) is 0. The summed E-state index contributed by atoms with van der Waals surface area (Å²) in [5, 5.41) is 0. The van der Waals surface area contributed by atoms with Gasteiger partial charge in [0.2, 0.25) is 0 Å². The zero-order chi connectivity index (χ0) is 8.84. The van der Waals surface area contributed by atoms with Crippen molar-refractivity contribution in [3.63, 3.8) is 0 Å². The van der Waals surface area contributed by atoms with E-state index < -0.39 is 0 Å². The predicted octanol–water partition coefficient (Wildman–Crippen LogP) is 2.28. The van der Waals surface area contributed by atoms with Crippen LogP contribution in [0.25, 0.3) is 11.4 Å². The lowest BCUT2D eigenvalue weighted by Crippen LogP contribution is -2.15. The van der Waals surface area contributed by atoms with Crippen molar-refractivity contribution in [3.05, 3.63) is 36.2 Å². The normalized spacial score (nSPS) is 13.9. The maximum Gasteiger partial charge on any atom is 0.0650 e. The molecule has 3 rings (SSSR count). The highest BCUT2D eigenvalue weighted by Crippen LogP contribution is 2.26. The molecule has 0 radical (unpaired) electrons. The Morgan fingerprint density at radius 1 is 1.08 bits per heavy atom. The highest BCUT2D eigenvalue weighted by atomic mass is 15.1. The molecule has 0 aliphatic carbocycles. The van der Waals surface area contributed by atoms with Crippen molar-refractivity contribution < 1.29 is 0 Å². The molecule has 0 aromatic carbocycles. The molecule has 0 unspecified atom stereocenters. The van der Waals surface area contributed by atoms with Gasteiger partial charge in [-0.1, -0.05) is 0 Å². The number of hydrogen-bond donors (Lipinski definition) is 0. The molecular formula is C11H12N2. The van der Waals surface area contributed by atoms with Gasteiger partial charge < -0.3 is 9.13 Å². The van der Waals surface area contributed by atoms with E-state index in [2.05, 4.69) is 46.5 Å². The van der Waals surface area contributed by atoms with Crippen LogP contribution in [0.3, 0.4) is 0 Å². The molecule has 0 N–H and O–H groups in total. The zero-order valence-electron chi connectivity index (χ0n) is 7.70. The number of aromatic nitrogens is 2. The third-order valence-corrected chi connectivity index (χ3v) is 2.86. The number of nitrogens with zero attached hydrogens (tertiary/aromatic N) is 2. The first-order valence-electron chi connectivity index (χ1n) is 4.68. The summed E-state index contributed by atoms with van der Waals surface area (Å²) >= 11 is 0. The van der Waals surface area contributed by atoms with Gasteiger partial charge in [-0.15, -0.1) is 0 Å². The first-order valence-corrected chi connectivity index (χ1v) is 4.68. The molecule has 2 aromatic rings. The van der Waals surface area contributed by atoms with Crippen LogP contribution in [0, 0.1) is 6.92 Å². The van der Waals surface area contributed by atoms with Crippen molar-refractivity contribution in [3.8, 4) is 11.4 Å². The average molecular weight is 172 g/mol. The minimum Gasteiger partial charge on any atom is -0.345 e. The third kappa shape index (κ3) is 0.829. The summed E-state index contributed by atoms with van der Waals surface area (Å²) in [5.41, 5.74) is 4.07. The number of fused-ring (bicyclic) bond motifs is 3. The SMILES string of the molecule is Cc1ccc2n1CCn1cccc1-2. The van der Waals surface area contributed by atoms with E-state index in [1.54, 1.807) is 0 Å². The smallest absolute Gasteiger partial charge is 0.0650 e. The highest BCUT2D eigenvalue weighted by molar-refractivity contribution is 5.58. The monoisotopic (exact) mass is 172 g/mol. The van der Waals surface area contributed by atoms with Crippen LogP contribution in [-0.2, 0) is 13.1 Å². The van der Waals surface area contributed by atoms with Crippen LogP contribution in [0.15, 0.2) is 30.5 Å². The highest BCUT2D eigenvalue weighted by Gasteiger charge is 2.15. The summed E-state index contributed by atoms with van der Waals surface area (Å²) in [6, 6.07) is 8.70. The lowest BCUT2D eigenvalue weighted by molar-refractivity contribution is 0.552. The molecule has 1 aliphatic rings. The fourth-order valence-electron chi connectivity index (χ4n) is 2.14. The van der Waals surface area contributed by atoms with Gasteiger partial charge in [0.1, 0.15) is 0 Å². The Hall–Kier alpha value is -1.44. The van der Waals surface area contributed by atoms with E-state index in [0.717, 1.165) is 13.1 Å². The molecule has 13 heavy (non-hydrogen) atoms. The van der Waals surface area contributed by atoms with Crippen molar-refractivity contribution in [2.75, 3.05) is 0 Å². The Bertz CT molecular complexity index is 448. The fraction of sp³-hybridized carbons (Fsp3) is 0.273. The molecule has 3 heterocycles. The van der Waals surface area contributed by atoms with Gasteiger partial charge in [0, 0.05) is 25.0 Å². The average Bonchev–Trinajstić information content (AvgIpc) is 2.70. The molecule has 0 atom stereocenters. The van der Waals surface area contributed by atoms with Crippen molar-refractivity contribution in [2.45, 2.75) is 20.0 Å². The van der Waals surface area contributed by atoms with E-state index in [1.165, 1.54) is 17.1 Å². The fourth-order valence-corrected chi connectivity index (χ4v) is 2.14. The molecule has 1 aliphatic heterocycles. The molecule has 0 saturated carbocycles. The summed E-state index contributed by atoms with van der Waals surface area (Å²) in [6.45, 7) is 4.38. The maximum absolute atomic E-state index is 2.38. The second-order valence-corrected chi connectivity index (χ2v) is 3.60. The predicted molar refractivity (Wildman–Crippen MR) is 52.6 cm³/mol. The Morgan fingerprint density at radius 2 is 2.00 bits per heavy atom. The van der Waals surface area contributed by atoms with Crippen LogP contribution in [0.1, 0.15) is 5.69 Å². The maximum atomic E-state index is 2.38. The number of aryl methyl sites for hydroxylation is 2. The van der Waals surface area contributed by atoms with Gasteiger partial charge in [0.25, 0.3) is 0 Å². The van der Waals surface area contributed by atoms with E-state index >= 15 is 0 Å². The van der Waals surface area contributed by atoms with E-state index in [4.69, 9.17) is 0 Å².